The molecule has 0 amide bonds. The number of nitrogens with zero attached hydrogens (tertiary/aromatic N) is 2. The van der Waals surface area contributed by atoms with Crippen LogP contribution in [0.5, 0.6) is 0 Å². The molecule has 70 valence electrons. The van der Waals surface area contributed by atoms with E-state index >= 15 is 0 Å². The average molecular weight is 177 g/mol. The number of unbranched alkanes of at least 4 members (excludes halogenated alkanes) is 1. The highest BCUT2D eigenvalue weighted by Gasteiger charge is 1.95. The molecule has 0 saturated carbocycles. The standard InChI is InChI=1S/C10H15N3/c1-9-7-13-10(8-12-9)5-3-4-6-11-2/h5-8,13H,3-4H2,1-2H3/b10-5-,11-6?. The van der Waals surface area contributed by atoms with E-state index in [1.807, 2.05) is 25.6 Å². The first-order chi connectivity index (χ1) is 6.33. The second kappa shape index (κ2) is 5.30. The molecule has 1 rings (SSSR count). The van der Waals surface area contributed by atoms with Crippen LogP contribution in [0.3, 0.4) is 0 Å². The third-order valence-electron chi connectivity index (χ3n) is 1.70. The summed E-state index contributed by atoms with van der Waals surface area (Å²) in [5, 5.41) is 3.15. The fourth-order valence-corrected chi connectivity index (χ4v) is 0.988. The van der Waals surface area contributed by atoms with Crippen LogP contribution < -0.4 is 5.32 Å². The van der Waals surface area contributed by atoms with Crippen LogP contribution in [-0.4, -0.2) is 19.5 Å². The Balaban J connectivity index is 2.34. The zero-order chi connectivity index (χ0) is 9.52. The smallest absolute Gasteiger partial charge is 0.0533 e. The van der Waals surface area contributed by atoms with E-state index in [-0.39, 0.29) is 0 Å². The predicted octanol–water partition coefficient (Wildman–Crippen LogP) is 1.89. The fraction of sp³-hybridized carbons (Fsp3) is 0.400. The van der Waals surface area contributed by atoms with E-state index in [4.69, 9.17) is 0 Å². The van der Waals surface area contributed by atoms with Gasteiger partial charge in [-0.05, 0) is 26.0 Å². The Bertz CT molecular complexity index is 272. The minimum Gasteiger partial charge on any atom is -0.359 e. The third-order valence-corrected chi connectivity index (χ3v) is 1.70. The van der Waals surface area contributed by atoms with E-state index in [9.17, 15) is 0 Å². The van der Waals surface area contributed by atoms with Crippen molar-refractivity contribution < 1.29 is 0 Å². The molecule has 0 atom stereocenters. The summed E-state index contributed by atoms with van der Waals surface area (Å²) in [5.41, 5.74) is 2.07. The number of hydrogen-bond acceptors (Lipinski definition) is 3. The van der Waals surface area contributed by atoms with Crippen LogP contribution in [0.2, 0.25) is 0 Å². The van der Waals surface area contributed by atoms with Gasteiger partial charge in [-0.25, -0.2) is 0 Å². The topological polar surface area (TPSA) is 36.8 Å². The summed E-state index contributed by atoms with van der Waals surface area (Å²) in [7, 11) is 1.79. The Morgan fingerprint density at radius 2 is 2.38 bits per heavy atom. The number of aliphatic imine (C=N–C) groups is 2. The SMILES string of the molecule is CN=CCC/C=C1/C=NC(C)=CN1. The van der Waals surface area contributed by atoms with Crippen LogP contribution in [0.15, 0.2) is 33.7 Å². The van der Waals surface area contributed by atoms with Crippen molar-refractivity contribution in [2.45, 2.75) is 19.8 Å². The number of nitrogens with one attached hydrogen (secondary N) is 1. The van der Waals surface area contributed by atoms with Gasteiger partial charge in [0.15, 0.2) is 0 Å². The van der Waals surface area contributed by atoms with Gasteiger partial charge in [-0.1, -0.05) is 6.08 Å². The third kappa shape index (κ3) is 3.69. The first-order valence-electron chi connectivity index (χ1n) is 4.41. The molecule has 13 heavy (non-hydrogen) atoms. The normalized spacial score (nSPS) is 19.2. The highest BCUT2D eigenvalue weighted by Crippen LogP contribution is 2.02. The summed E-state index contributed by atoms with van der Waals surface area (Å²) in [6.07, 6.45) is 9.77. The molecule has 0 spiro atoms. The quantitative estimate of drug-likeness (QED) is 0.518. The molecule has 1 aliphatic heterocycles. The van der Waals surface area contributed by atoms with Crippen molar-refractivity contribution in [3.63, 3.8) is 0 Å². The van der Waals surface area contributed by atoms with Gasteiger partial charge in [-0.3, -0.25) is 4.99 Å². The van der Waals surface area contributed by atoms with Crippen molar-refractivity contribution in [1.82, 2.24) is 5.32 Å². The zero-order valence-electron chi connectivity index (χ0n) is 8.12. The predicted molar refractivity (Wildman–Crippen MR) is 57.1 cm³/mol. The van der Waals surface area contributed by atoms with E-state index in [2.05, 4.69) is 21.4 Å². The van der Waals surface area contributed by atoms with Crippen LogP contribution in [0.1, 0.15) is 19.8 Å². The Hall–Kier alpha value is -1.38. The van der Waals surface area contributed by atoms with Crippen LogP contribution in [0, 0.1) is 0 Å². The van der Waals surface area contributed by atoms with Gasteiger partial charge in [0, 0.05) is 13.2 Å². The van der Waals surface area contributed by atoms with Gasteiger partial charge >= 0.3 is 0 Å². The summed E-state index contributed by atoms with van der Waals surface area (Å²) >= 11 is 0. The van der Waals surface area contributed by atoms with E-state index in [1.54, 1.807) is 7.05 Å². The molecule has 0 radical (unpaired) electrons. The lowest BCUT2D eigenvalue weighted by Crippen LogP contribution is -2.10. The summed E-state index contributed by atoms with van der Waals surface area (Å²) in [4.78, 5) is 8.09. The molecule has 1 heterocycles. The zero-order valence-corrected chi connectivity index (χ0v) is 8.12. The highest BCUT2D eigenvalue weighted by atomic mass is 14.9. The van der Waals surface area contributed by atoms with E-state index < -0.39 is 0 Å². The summed E-state index contributed by atoms with van der Waals surface area (Å²) in [6, 6.07) is 0. The van der Waals surface area contributed by atoms with Crippen molar-refractivity contribution in [2.75, 3.05) is 7.05 Å². The van der Waals surface area contributed by atoms with Gasteiger partial charge in [0.1, 0.15) is 0 Å². The monoisotopic (exact) mass is 177 g/mol. The second-order valence-corrected chi connectivity index (χ2v) is 2.87. The Kier molecular flexibility index (Phi) is 3.96. The van der Waals surface area contributed by atoms with Gasteiger partial charge in [-0.2, -0.15) is 0 Å². The maximum Gasteiger partial charge on any atom is 0.0533 e. The summed E-state index contributed by atoms with van der Waals surface area (Å²) in [6.45, 7) is 1.96. The van der Waals surface area contributed by atoms with Gasteiger partial charge in [0.2, 0.25) is 0 Å². The number of allylic oxidation sites excluding steroid dienone is 3. The molecular weight excluding hydrogens is 162 g/mol. The maximum atomic E-state index is 4.18. The molecule has 0 aromatic rings. The first kappa shape index (κ1) is 9.71. The molecule has 1 aliphatic rings. The molecule has 0 fully saturated rings. The fourth-order valence-electron chi connectivity index (χ4n) is 0.988. The van der Waals surface area contributed by atoms with Crippen molar-refractivity contribution >= 4 is 12.4 Å². The van der Waals surface area contributed by atoms with Gasteiger partial charge in [0.25, 0.3) is 0 Å². The first-order valence-corrected chi connectivity index (χ1v) is 4.41. The van der Waals surface area contributed by atoms with Crippen LogP contribution in [0.4, 0.5) is 0 Å². The summed E-state index contributed by atoms with van der Waals surface area (Å²) < 4.78 is 0. The molecule has 3 heteroatoms. The molecule has 1 N–H and O–H groups in total. The molecule has 0 aliphatic carbocycles. The molecule has 3 nitrogen and oxygen atoms in total. The van der Waals surface area contributed by atoms with Crippen molar-refractivity contribution in [2.24, 2.45) is 9.98 Å². The summed E-state index contributed by atoms with van der Waals surface area (Å²) in [5.74, 6) is 0. The lowest BCUT2D eigenvalue weighted by molar-refractivity contribution is 1.02. The van der Waals surface area contributed by atoms with Gasteiger partial charge in [-0.15, -0.1) is 0 Å². The lowest BCUT2D eigenvalue weighted by atomic mass is 10.2. The molecule has 0 unspecified atom stereocenters. The van der Waals surface area contributed by atoms with Crippen molar-refractivity contribution in [3.05, 3.63) is 23.7 Å². The second-order valence-electron chi connectivity index (χ2n) is 2.87. The molecule has 0 bridgehead atoms. The van der Waals surface area contributed by atoms with Crippen molar-refractivity contribution in [3.8, 4) is 0 Å². The lowest BCUT2D eigenvalue weighted by Gasteiger charge is -2.06. The van der Waals surface area contributed by atoms with Crippen LogP contribution in [0.25, 0.3) is 0 Å². The molecule has 0 aromatic carbocycles. The minimum absolute atomic E-state index is 0.984. The minimum atomic E-state index is 0.984. The molecule has 0 saturated heterocycles. The van der Waals surface area contributed by atoms with Gasteiger partial charge in [0.05, 0.1) is 17.6 Å². The highest BCUT2D eigenvalue weighted by molar-refractivity contribution is 5.80. The van der Waals surface area contributed by atoms with E-state index in [0.717, 1.165) is 24.2 Å². The van der Waals surface area contributed by atoms with Crippen molar-refractivity contribution in [1.29, 1.82) is 0 Å². The largest absolute Gasteiger partial charge is 0.359 e. The van der Waals surface area contributed by atoms with E-state index in [0.29, 0.717) is 0 Å². The molecular formula is C10H15N3. The Morgan fingerprint density at radius 3 is 3.00 bits per heavy atom. The average Bonchev–Trinajstić information content (AvgIpc) is 2.15. The van der Waals surface area contributed by atoms with Crippen LogP contribution >= 0.6 is 0 Å². The Labute approximate surface area is 79.0 Å². The molecule has 0 aromatic heterocycles. The van der Waals surface area contributed by atoms with Gasteiger partial charge < -0.3 is 10.3 Å². The van der Waals surface area contributed by atoms with E-state index in [1.165, 1.54) is 0 Å². The Morgan fingerprint density at radius 1 is 1.54 bits per heavy atom. The number of rotatable bonds is 3. The maximum absolute atomic E-state index is 4.18. The van der Waals surface area contributed by atoms with Crippen LogP contribution in [-0.2, 0) is 0 Å². The number of hydrogen-bond donors (Lipinski definition) is 1.